The lowest BCUT2D eigenvalue weighted by Crippen LogP contribution is -2.39. The lowest BCUT2D eigenvalue weighted by molar-refractivity contribution is -0.143. The Morgan fingerprint density at radius 3 is 2.55 bits per heavy atom. The molecule has 1 aliphatic heterocycles. The first-order valence-electron chi connectivity index (χ1n) is 9.82. The summed E-state index contributed by atoms with van der Waals surface area (Å²) in [7, 11) is 1.60. The Hall–Kier alpha value is -2.08. The van der Waals surface area contributed by atoms with Crippen molar-refractivity contribution in [2.24, 2.45) is 5.41 Å². The van der Waals surface area contributed by atoms with Crippen molar-refractivity contribution in [1.29, 1.82) is 0 Å². The molecule has 1 atom stereocenters. The van der Waals surface area contributed by atoms with Crippen LogP contribution in [0.2, 0.25) is 0 Å². The molecule has 156 valence electrons. The number of methoxy groups -OCH3 is 1. The van der Waals surface area contributed by atoms with Crippen LogP contribution in [0, 0.1) is 5.41 Å². The van der Waals surface area contributed by atoms with Gasteiger partial charge in [0.15, 0.2) is 5.78 Å². The summed E-state index contributed by atoms with van der Waals surface area (Å²) in [5.41, 5.74) is 3.53. The number of Topliss-reactive ketones (excluding diaryl/α,β-unsaturated/α-hetero) is 1. The Balaban J connectivity index is 2.18. The summed E-state index contributed by atoms with van der Waals surface area (Å²) in [6.45, 7) is 9.70. The highest BCUT2D eigenvalue weighted by Gasteiger charge is 2.43. The van der Waals surface area contributed by atoms with Gasteiger partial charge in [-0.3, -0.25) is 4.79 Å². The molecule has 2 aliphatic rings. The second-order valence-electron chi connectivity index (χ2n) is 8.78. The van der Waals surface area contributed by atoms with Crippen molar-refractivity contribution in [3.8, 4) is 5.75 Å². The largest absolute Gasteiger partial charge is 0.496 e. The quantitative estimate of drug-likeness (QED) is 0.638. The van der Waals surface area contributed by atoms with Crippen LogP contribution in [-0.4, -0.2) is 25.0 Å². The molecule has 0 unspecified atom stereocenters. The van der Waals surface area contributed by atoms with Gasteiger partial charge >= 0.3 is 5.97 Å². The summed E-state index contributed by atoms with van der Waals surface area (Å²) in [6, 6.07) is 5.68. The molecule has 1 aromatic rings. The number of dihydropyridines is 1. The first-order valence-corrected chi connectivity index (χ1v) is 10.6. The number of rotatable bonds is 4. The molecule has 1 heterocycles. The highest BCUT2D eigenvalue weighted by molar-refractivity contribution is 9.10. The summed E-state index contributed by atoms with van der Waals surface area (Å²) in [4.78, 5) is 26.3. The molecule has 3 rings (SSSR count). The van der Waals surface area contributed by atoms with Gasteiger partial charge in [-0.05, 0) is 66.2 Å². The third kappa shape index (κ3) is 4.27. The second-order valence-corrected chi connectivity index (χ2v) is 9.63. The van der Waals surface area contributed by atoms with E-state index in [1.54, 1.807) is 7.11 Å². The number of nitrogens with one attached hydrogen (secondary N) is 1. The maximum absolute atomic E-state index is 13.2. The summed E-state index contributed by atoms with van der Waals surface area (Å²) < 4.78 is 11.7. The van der Waals surface area contributed by atoms with Crippen LogP contribution >= 0.6 is 15.9 Å². The Bertz CT molecular complexity index is 927. The van der Waals surface area contributed by atoms with Crippen molar-refractivity contribution in [2.45, 2.75) is 59.5 Å². The maximum atomic E-state index is 13.2. The number of carbonyl (C=O) groups is 2. The summed E-state index contributed by atoms with van der Waals surface area (Å²) in [6.07, 6.45) is 0.959. The number of ether oxygens (including phenoxy) is 2. The number of esters is 1. The SMILES string of the molecule is COc1ccc([C@H]2C(C(=O)OC(C)C)=C(C)NC3=C2C(=O)CC(C)(C)C3)cc1Br. The predicted octanol–water partition coefficient (Wildman–Crippen LogP) is 5.01. The molecule has 1 aliphatic carbocycles. The number of halogens is 1. The number of hydrogen-bond donors (Lipinski definition) is 1. The van der Waals surface area contributed by atoms with E-state index < -0.39 is 11.9 Å². The molecule has 0 spiro atoms. The number of allylic oxidation sites excluding steroid dienone is 3. The van der Waals surface area contributed by atoms with Crippen LogP contribution in [0.3, 0.4) is 0 Å². The molecule has 0 amide bonds. The van der Waals surface area contributed by atoms with Gasteiger partial charge in [-0.2, -0.15) is 0 Å². The van der Waals surface area contributed by atoms with E-state index in [9.17, 15) is 9.59 Å². The molecular formula is C23H28BrNO4. The average Bonchev–Trinajstić information content (AvgIpc) is 2.58. The van der Waals surface area contributed by atoms with Crippen molar-refractivity contribution in [3.05, 3.63) is 50.8 Å². The molecule has 29 heavy (non-hydrogen) atoms. The molecule has 0 radical (unpaired) electrons. The van der Waals surface area contributed by atoms with Gasteiger partial charge in [0.05, 0.1) is 23.3 Å². The molecule has 6 heteroatoms. The minimum absolute atomic E-state index is 0.0723. The van der Waals surface area contributed by atoms with Crippen molar-refractivity contribution in [1.82, 2.24) is 5.32 Å². The molecule has 0 fully saturated rings. The van der Waals surface area contributed by atoms with Crippen molar-refractivity contribution < 1.29 is 19.1 Å². The lowest BCUT2D eigenvalue weighted by atomic mass is 9.68. The molecule has 1 N–H and O–H groups in total. The zero-order chi connectivity index (χ0) is 21.5. The summed E-state index contributed by atoms with van der Waals surface area (Å²) >= 11 is 3.53. The van der Waals surface area contributed by atoms with Crippen LogP contribution in [0.4, 0.5) is 0 Å². The topological polar surface area (TPSA) is 64.6 Å². The number of ketones is 1. The fourth-order valence-corrected chi connectivity index (χ4v) is 4.74. The predicted molar refractivity (Wildman–Crippen MR) is 116 cm³/mol. The monoisotopic (exact) mass is 461 g/mol. The average molecular weight is 462 g/mol. The van der Waals surface area contributed by atoms with Gasteiger partial charge in [-0.1, -0.05) is 19.9 Å². The highest BCUT2D eigenvalue weighted by atomic mass is 79.9. The van der Waals surface area contributed by atoms with E-state index in [1.165, 1.54) is 0 Å². The van der Waals surface area contributed by atoms with Gasteiger partial charge in [0.2, 0.25) is 0 Å². The molecule has 0 saturated heterocycles. The summed E-state index contributed by atoms with van der Waals surface area (Å²) in [5.74, 6) is -0.0996. The van der Waals surface area contributed by atoms with Crippen LogP contribution in [0.15, 0.2) is 45.2 Å². The lowest BCUT2D eigenvalue weighted by Gasteiger charge is -2.39. The number of hydrogen-bond acceptors (Lipinski definition) is 5. The van der Waals surface area contributed by atoms with Crippen LogP contribution in [0.25, 0.3) is 0 Å². The minimum Gasteiger partial charge on any atom is -0.496 e. The van der Waals surface area contributed by atoms with Gasteiger partial charge in [0, 0.05) is 29.3 Å². The first-order chi connectivity index (χ1) is 13.5. The van der Waals surface area contributed by atoms with E-state index in [0.29, 0.717) is 23.3 Å². The first kappa shape index (κ1) is 21.6. The summed E-state index contributed by atoms with van der Waals surface area (Å²) in [5, 5.41) is 3.35. The molecular weight excluding hydrogens is 434 g/mol. The standard InChI is InChI=1S/C23H28BrNO4/c1-12(2)29-22(27)19-13(3)25-16-10-23(4,5)11-17(26)21(16)20(19)14-7-8-18(28-6)15(24)9-14/h7-9,12,20,25H,10-11H2,1-6H3/t20-/m0/s1. The third-order valence-corrected chi connectivity index (χ3v) is 5.93. The Morgan fingerprint density at radius 2 is 1.97 bits per heavy atom. The fourth-order valence-electron chi connectivity index (χ4n) is 4.18. The normalized spacial score (nSPS) is 21.1. The van der Waals surface area contributed by atoms with Gasteiger partial charge in [0.25, 0.3) is 0 Å². The van der Waals surface area contributed by atoms with Gasteiger partial charge in [-0.15, -0.1) is 0 Å². The van der Waals surface area contributed by atoms with E-state index in [2.05, 4.69) is 35.1 Å². The second kappa shape index (κ2) is 7.98. The van der Waals surface area contributed by atoms with E-state index in [-0.39, 0.29) is 17.3 Å². The smallest absolute Gasteiger partial charge is 0.337 e. The molecule has 0 aromatic heterocycles. The Morgan fingerprint density at radius 1 is 1.28 bits per heavy atom. The molecule has 1 aromatic carbocycles. The third-order valence-electron chi connectivity index (χ3n) is 5.31. The van der Waals surface area contributed by atoms with Crippen LogP contribution in [-0.2, 0) is 14.3 Å². The number of carbonyl (C=O) groups excluding carboxylic acids is 2. The molecule has 5 nitrogen and oxygen atoms in total. The van der Waals surface area contributed by atoms with E-state index in [0.717, 1.165) is 27.9 Å². The van der Waals surface area contributed by atoms with Gasteiger partial charge in [-0.25, -0.2) is 4.79 Å². The molecule has 0 saturated carbocycles. The van der Waals surface area contributed by atoms with Crippen molar-refractivity contribution in [2.75, 3.05) is 7.11 Å². The maximum Gasteiger partial charge on any atom is 0.337 e. The Kier molecular flexibility index (Phi) is 5.95. The fraction of sp³-hybridized carbons (Fsp3) is 0.478. The van der Waals surface area contributed by atoms with Crippen LogP contribution in [0.5, 0.6) is 5.75 Å². The zero-order valence-electron chi connectivity index (χ0n) is 17.8. The Labute approximate surface area is 180 Å². The van der Waals surface area contributed by atoms with E-state index >= 15 is 0 Å². The van der Waals surface area contributed by atoms with Crippen LogP contribution in [0.1, 0.15) is 58.9 Å². The van der Waals surface area contributed by atoms with E-state index in [4.69, 9.17) is 9.47 Å². The minimum atomic E-state index is -0.469. The highest BCUT2D eigenvalue weighted by Crippen LogP contribution is 2.47. The van der Waals surface area contributed by atoms with Crippen molar-refractivity contribution >= 4 is 27.7 Å². The van der Waals surface area contributed by atoms with E-state index in [1.807, 2.05) is 39.0 Å². The van der Waals surface area contributed by atoms with Crippen LogP contribution < -0.4 is 10.1 Å². The van der Waals surface area contributed by atoms with Gasteiger partial charge < -0.3 is 14.8 Å². The molecule has 0 bridgehead atoms. The number of benzene rings is 1. The zero-order valence-corrected chi connectivity index (χ0v) is 19.4. The van der Waals surface area contributed by atoms with Gasteiger partial charge in [0.1, 0.15) is 5.75 Å². The van der Waals surface area contributed by atoms with Crippen molar-refractivity contribution in [3.63, 3.8) is 0 Å².